The van der Waals surface area contributed by atoms with Crippen LogP contribution in [-0.4, -0.2) is 28.9 Å². The number of aromatic nitrogens is 2. The van der Waals surface area contributed by atoms with Gasteiger partial charge in [-0.2, -0.15) is 0 Å². The Labute approximate surface area is 162 Å². The Kier molecular flexibility index (Phi) is 6.30. The summed E-state index contributed by atoms with van der Waals surface area (Å²) >= 11 is 0. The molecule has 2 heterocycles. The van der Waals surface area contributed by atoms with Gasteiger partial charge >= 0.3 is 0 Å². The first-order chi connectivity index (χ1) is 13.7. The minimum atomic E-state index is -0.291. The zero-order chi connectivity index (χ0) is 19.8. The van der Waals surface area contributed by atoms with Gasteiger partial charge < -0.3 is 15.4 Å². The summed E-state index contributed by atoms with van der Waals surface area (Å²) in [4.78, 5) is 32.4. The molecule has 2 N–H and O–H groups in total. The Morgan fingerprint density at radius 3 is 2.54 bits per heavy atom. The lowest BCUT2D eigenvalue weighted by Gasteiger charge is -2.13. The zero-order valence-electron chi connectivity index (χ0n) is 15.4. The lowest BCUT2D eigenvalue weighted by atomic mass is 10.1. The number of nitrogens with one attached hydrogen (secondary N) is 2. The van der Waals surface area contributed by atoms with E-state index in [0.29, 0.717) is 35.5 Å². The van der Waals surface area contributed by atoms with Crippen molar-refractivity contribution in [3.63, 3.8) is 0 Å². The van der Waals surface area contributed by atoms with Crippen molar-refractivity contribution in [2.24, 2.45) is 0 Å². The van der Waals surface area contributed by atoms with Crippen molar-refractivity contribution < 1.29 is 14.3 Å². The molecule has 0 aliphatic carbocycles. The zero-order valence-corrected chi connectivity index (χ0v) is 15.4. The van der Waals surface area contributed by atoms with Crippen LogP contribution in [0.2, 0.25) is 0 Å². The fourth-order valence-electron chi connectivity index (χ4n) is 2.59. The average Bonchev–Trinajstić information content (AvgIpc) is 2.74. The molecule has 3 rings (SSSR count). The van der Waals surface area contributed by atoms with E-state index in [1.54, 1.807) is 48.9 Å². The highest BCUT2D eigenvalue weighted by Gasteiger charge is 2.11. The van der Waals surface area contributed by atoms with Gasteiger partial charge in [-0.25, -0.2) is 0 Å². The van der Waals surface area contributed by atoms with Gasteiger partial charge in [-0.1, -0.05) is 0 Å². The maximum atomic E-state index is 12.3. The Morgan fingerprint density at radius 2 is 1.82 bits per heavy atom. The summed E-state index contributed by atoms with van der Waals surface area (Å²) in [6.07, 6.45) is 7.48. The number of rotatable bonds is 7. The number of nitrogens with zero attached hydrogens (tertiary/aromatic N) is 2. The first-order valence-corrected chi connectivity index (χ1v) is 8.74. The van der Waals surface area contributed by atoms with Crippen LogP contribution < -0.4 is 15.4 Å². The molecule has 0 bridgehead atoms. The Bertz CT molecular complexity index is 946. The van der Waals surface area contributed by atoms with E-state index >= 15 is 0 Å². The number of anilines is 2. The summed E-state index contributed by atoms with van der Waals surface area (Å²) in [6.45, 7) is 0. The Hall–Kier alpha value is -3.74. The van der Waals surface area contributed by atoms with Gasteiger partial charge in [0.05, 0.1) is 18.4 Å². The molecular weight excluding hydrogens is 356 g/mol. The molecule has 0 radical (unpaired) electrons. The fraction of sp³-hybridized carbons (Fsp3) is 0.143. The molecule has 0 atom stereocenters. The summed E-state index contributed by atoms with van der Waals surface area (Å²) in [5.41, 5.74) is 2.59. The molecule has 0 aliphatic heterocycles. The van der Waals surface area contributed by atoms with Gasteiger partial charge in [-0.15, -0.1) is 0 Å². The molecule has 1 aromatic carbocycles. The van der Waals surface area contributed by atoms with Crippen LogP contribution in [0.5, 0.6) is 5.75 Å². The summed E-state index contributed by atoms with van der Waals surface area (Å²) in [5, 5.41) is 5.62. The minimum Gasteiger partial charge on any atom is -0.494 e. The van der Waals surface area contributed by atoms with Gasteiger partial charge in [0, 0.05) is 43.0 Å². The van der Waals surface area contributed by atoms with Gasteiger partial charge in [-0.3, -0.25) is 19.6 Å². The number of hydrogen-bond acceptors (Lipinski definition) is 5. The number of pyridine rings is 2. The molecule has 2 aromatic heterocycles. The van der Waals surface area contributed by atoms with E-state index < -0.39 is 0 Å². The summed E-state index contributed by atoms with van der Waals surface area (Å²) in [5.74, 6) is 0.0516. The standard InChI is InChI=1S/C21H20N4O3/c1-28-19-13-17(24-20(26)7-4-15-8-11-22-12-9-15)5-6-18(19)25-21(27)16-3-2-10-23-14-16/h2-3,5-6,8-14H,4,7H2,1H3,(H,24,26)(H,25,27). The molecule has 2 amide bonds. The maximum Gasteiger partial charge on any atom is 0.257 e. The Morgan fingerprint density at radius 1 is 1.00 bits per heavy atom. The van der Waals surface area contributed by atoms with Gasteiger partial charge in [0.25, 0.3) is 5.91 Å². The molecule has 3 aromatic rings. The SMILES string of the molecule is COc1cc(NC(=O)CCc2ccncc2)ccc1NC(=O)c1cccnc1. The number of benzene rings is 1. The van der Waals surface area contributed by atoms with Crippen molar-refractivity contribution in [3.05, 3.63) is 78.4 Å². The monoisotopic (exact) mass is 376 g/mol. The van der Waals surface area contributed by atoms with Crippen LogP contribution in [0.1, 0.15) is 22.3 Å². The number of carbonyl (C=O) groups is 2. The maximum absolute atomic E-state index is 12.3. The second-order valence-corrected chi connectivity index (χ2v) is 6.01. The van der Waals surface area contributed by atoms with E-state index in [2.05, 4.69) is 20.6 Å². The third kappa shape index (κ3) is 5.14. The van der Waals surface area contributed by atoms with E-state index in [0.717, 1.165) is 5.56 Å². The van der Waals surface area contributed by atoms with Crippen LogP contribution in [-0.2, 0) is 11.2 Å². The molecule has 0 unspecified atom stereocenters. The molecule has 7 heteroatoms. The van der Waals surface area contributed by atoms with Crippen LogP contribution in [0.25, 0.3) is 0 Å². The van der Waals surface area contributed by atoms with Crippen molar-refractivity contribution in [3.8, 4) is 5.75 Å². The number of methoxy groups -OCH3 is 1. The molecule has 0 fully saturated rings. The lowest BCUT2D eigenvalue weighted by molar-refractivity contribution is -0.116. The third-order valence-electron chi connectivity index (χ3n) is 4.05. The number of amides is 2. The lowest BCUT2D eigenvalue weighted by Crippen LogP contribution is -2.14. The van der Waals surface area contributed by atoms with Crippen molar-refractivity contribution in [1.29, 1.82) is 0 Å². The van der Waals surface area contributed by atoms with Gasteiger partial charge in [0.15, 0.2) is 0 Å². The second kappa shape index (κ2) is 9.27. The van der Waals surface area contributed by atoms with E-state index in [1.165, 1.54) is 13.3 Å². The average molecular weight is 376 g/mol. The summed E-state index contributed by atoms with van der Waals surface area (Å²) in [6, 6.07) is 12.2. The molecule has 0 spiro atoms. The largest absolute Gasteiger partial charge is 0.494 e. The van der Waals surface area contributed by atoms with Gasteiger partial charge in [-0.05, 0) is 48.4 Å². The molecule has 0 saturated heterocycles. The van der Waals surface area contributed by atoms with Crippen LogP contribution in [0.3, 0.4) is 0 Å². The minimum absolute atomic E-state index is 0.106. The molecule has 7 nitrogen and oxygen atoms in total. The normalized spacial score (nSPS) is 10.2. The van der Waals surface area contributed by atoms with Crippen LogP contribution in [0.4, 0.5) is 11.4 Å². The molecule has 0 aliphatic rings. The van der Waals surface area contributed by atoms with Crippen molar-refractivity contribution in [2.45, 2.75) is 12.8 Å². The quantitative estimate of drug-likeness (QED) is 0.660. The van der Waals surface area contributed by atoms with E-state index in [1.807, 2.05) is 12.1 Å². The second-order valence-electron chi connectivity index (χ2n) is 6.01. The number of ether oxygens (including phenoxy) is 1. The molecule has 28 heavy (non-hydrogen) atoms. The summed E-state index contributed by atoms with van der Waals surface area (Å²) < 4.78 is 5.35. The van der Waals surface area contributed by atoms with Crippen LogP contribution >= 0.6 is 0 Å². The number of carbonyl (C=O) groups excluding carboxylic acids is 2. The predicted molar refractivity (Wildman–Crippen MR) is 106 cm³/mol. The highest BCUT2D eigenvalue weighted by atomic mass is 16.5. The molecular formula is C21H20N4O3. The highest BCUT2D eigenvalue weighted by molar-refractivity contribution is 6.05. The number of aryl methyl sites for hydroxylation is 1. The van der Waals surface area contributed by atoms with Crippen molar-refractivity contribution in [1.82, 2.24) is 9.97 Å². The van der Waals surface area contributed by atoms with Crippen molar-refractivity contribution in [2.75, 3.05) is 17.7 Å². The van der Waals surface area contributed by atoms with Crippen molar-refractivity contribution >= 4 is 23.2 Å². The number of hydrogen-bond donors (Lipinski definition) is 2. The third-order valence-corrected chi connectivity index (χ3v) is 4.05. The fourth-order valence-corrected chi connectivity index (χ4v) is 2.59. The van der Waals surface area contributed by atoms with E-state index in [4.69, 9.17) is 4.74 Å². The van der Waals surface area contributed by atoms with Crippen LogP contribution in [0, 0.1) is 0 Å². The highest BCUT2D eigenvalue weighted by Crippen LogP contribution is 2.28. The van der Waals surface area contributed by atoms with Crippen LogP contribution in [0.15, 0.2) is 67.3 Å². The smallest absolute Gasteiger partial charge is 0.257 e. The molecule has 0 saturated carbocycles. The predicted octanol–water partition coefficient (Wildman–Crippen LogP) is 3.31. The molecule has 142 valence electrons. The topological polar surface area (TPSA) is 93.2 Å². The Balaban J connectivity index is 1.62. The van der Waals surface area contributed by atoms with Gasteiger partial charge in [0.1, 0.15) is 5.75 Å². The first kappa shape index (κ1) is 19.0. The first-order valence-electron chi connectivity index (χ1n) is 8.74. The van der Waals surface area contributed by atoms with E-state index in [9.17, 15) is 9.59 Å². The van der Waals surface area contributed by atoms with Gasteiger partial charge in [0.2, 0.25) is 5.91 Å². The summed E-state index contributed by atoms with van der Waals surface area (Å²) in [7, 11) is 1.50. The van der Waals surface area contributed by atoms with E-state index in [-0.39, 0.29) is 11.8 Å².